The Bertz CT molecular complexity index is 227. The average molecular weight is 185 g/mol. The van der Waals surface area contributed by atoms with Crippen LogP contribution in [0.3, 0.4) is 0 Å². The molecule has 0 saturated heterocycles. The van der Waals surface area contributed by atoms with Gasteiger partial charge in [-0.1, -0.05) is 11.8 Å². The second kappa shape index (κ2) is 4.08. The van der Waals surface area contributed by atoms with E-state index in [2.05, 4.69) is 29.0 Å². The summed E-state index contributed by atoms with van der Waals surface area (Å²) in [5.74, 6) is 0.565. The second-order valence-corrected chi connectivity index (χ2v) is 2.94. The van der Waals surface area contributed by atoms with E-state index in [0.717, 1.165) is 13.2 Å². The molecule has 0 unspecified atom stereocenters. The Hall–Kier alpha value is -1.30. The fraction of sp³-hybridized carbons (Fsp3) is 0.714. The molecule has 13 heavy (non-hydrogen) atoms. The van der Waals surface area contributed by atoms with Gasteiger partial charge in [0.25, 0.3) is 5.96 Å². The molecule has 1 aliphatic heterocycles. The maximum atomic E-state index is 10.6. The smallest absolute Gasteiger partial charge is 0.254 e. The molecule has 0 radical (unpaired) electrons. The Morgan fingerprint density at radius 2 is 2.46 bits per heavy atom. The van der Waals surface area contributed by atoms with Gasteiger partial charge in [0.15, 0.2) is 6.72 Å². The van der Waals surface area contributed by atoms with Crippen LogP contribution in [0.15, 0.2) is 4.99 Å². The third kappa shape index (κ3) is 2.59. The molecule has 74 valence electrons. The van der Waals surface area contributed by atoms with Gasteiger partial charge in [0.05, 0.1) is 13.3 Å². The van der Waals surface area contributed by atoms with Gasteiger partial charge in [-0.15, -0.1) is 5.43 Å². The summed E-state index contributed by atoms with van der Waals surface area (Å²) in [5.41, 5.74) is 2.49. The molecule has 0 amide bonds. The molecule has 0 aromatic rings. The summed E-state index contributed by atoms with van der Waals surface area (Å²) in [4.78, 5) is 8.58. The van der Waals surface area contributed by atoms with Gasteiger partial charge < -0.3 is 10.1 Å². The van der Waals surface area contributed by atoms with E-state index in [1.807, 2.05) is 11.9 Å². The largest absolute Gasteiger partial charge is 0.597 e. The first-order chi connectivity index (χ1) is 6.13. The molecular formula is C7H15N5O. The Balaban J connectivity index is 2.56. The number of hydrogen-bond donors (Lipinski definition) is 1. The molecule has 0 spiro atoms. The van der Waals surface area contributed by atoms with Crippen molar-refractivity contribution in [3.63, 3.8) is 0 Å². The zero-order chi connectivity index (χ0) is 9.84. The van der Waals surface area contributed by atoms with Crippen molar-refractivity contribution in [2.24, 2.45) is 4.99 Å². The summed E-state index contributed by atoms with van der Waals surface area (Å²) >= 11 is 0. The van der Waals surface area contributed by atoms with Crippen molar-refractivity contribution in [3.05, 3.63) is 5.21 Å². The maximum Gasteiger partial charge on any atom is 0.254 e. The van der Waals surface area contributed by atoms with Gasteiger partial charge in [-0.25, -0.2) is 4.99 Å². The highest BCUT2D eigenvalue weighted by molar-refractivity contribution is 5.79. The zero-order valence-corrected chi connectivity index (χ0v) is 8.03. The van der Waals surface area contributed by atoms with Crippen molar-refractivity contribution >= 4 is 12.7 Å². The third-order valence-corrected chi connectivity index (χ3v) is 1.87. The summed E-state index contributed by atoms with van der Waals surface area (Å²) in [5, 5.41) is 10.6. The minimum absolute atomic E-state index is 0.400. The fourth-order valence-electron chi connectivity index (χ4n) is 1.13. The van der Waals surface area contributed by atoms with E-state index in [1.54, 1.807) is 0 Å². The van der Waals surface area contributed by atoms with Gasteiger partial charge >= 0.3 is 0 Å². The molecule has 1 aliphatic rings. The minimum Gasteiger partial charge on any atom is -0.597 e. The topological polar surface area (TPSA) is 56.9 Å². The standard InChI is InChI=1S/C7H15N5O/c1-4-12-5-8-7(9-11(3)13)10(2)6-12/h3-6H2,1-2H3,(H,8,9). The van der Waals surface area contributed by atoms with Crippen LogP contribution >= 0.6 is 0 Å². The Kier molecular flexibility index (Phi) is 3.07. The molecule has 0 fully saturated rings. The Morgan fingerprint density at radius 1 is 1.77 bits per heavy atom. The average Bonchev–Trinajstić information content (AvgIpc) is 2.08. The van der Waals surface area contributed by atoms with Crippen LogP contribution in [-0.4, -0.2) is 54.3 Å². The fourth-order valence-corrected chi connectivity index (χ4v) is 1.13. The summed E-state index contributed by atoms with van der Waals surface area (Å²) in [6.45, 7) is 7.57. The van der Waals surface area contributed by atoms with Gasteiger partial charge in [-0.2, -0.15) is 0 Å². The lowest BCUT2D eigenvalue weighted by molar-refractivity contribution is -0.496. The van der Waals surface area contributed by atoms with E-state index in [-0.39, 0.29) is 0 Å². The normalized spacial score (nSPS) is 18.3. The second-order valence-electron chi connectivity index (χ2n) is 2.94. The molecule has 6 heteroatoms. The van der Waals surface area contributed by atoms with E-state index in [9.17, 15) is 5.21 Å². The monoisotopic (exact) mass is 185 g/mol. The predicted molar refractivity (Wildman–Crippen MR) is 51.2 cm³/mol. The Labute approximate surface area is 77.7 Å². The first kappa shape index (κ1) is 9.79. The Morgan fingerprint density at radius 3 is 2.92 bits per heavy atom. The third-order valence-electron chi connectivity index (χ3n) is 1.87. The number of nitrogens with zero attached hydrogens (tertiary/aromatic N) is 4. The molecule has 1 N–H and O–H groups in total. The van der Waals surface area contributed by atoms with Gasteiger partial charge in [0.1, 0.15) is 0 Å². The minimum atomic E-state index is 0.400. The molecular weight excluding hydrogens is 170 g/mol. The number of guanidine groups is 1. The van der Waals surface area contributed by atoms with E-state index in [0.29, 0.717) is 17.5 Å². The van der Waals surface area contributed by atoms with Crippen LogP contribution < -0.4 is 5.43 Å². The number of aliphatic imine (C=N–C) groups is 1. The number of rotatable bonds is 2. The molecule has 0 bridgehead atoms. The van der Waals surface area contributed by atoms with Gasteiger partial charge in [0.2, 0.25) is 0 Å². The molecule has 0 aromatic heterocycles. The predicted octanol–water partition coefficient (Wildman–Crippen LogP) is -0.760. The quantitative estimate of drug-likeness (QED) is 0.266. The molecule has 1 heterocycles. The first-order valence-corrected chi connectivity index (χ1v) is 4.16. The van der Waals surface area contributed by atoms with Crippen LogP contribution in [0.5, 0.6) is 0 Å². The SMILES string of the molecule is C=[N+]([O-])NC1=NCN(CC)CN1C. The van der Waals surface area contributed by atoms with Crippen LogP contribution in [0.4, 0.5) is 0 Å². The molecule has 0 saturated carbocycles. The van der Waals surface area contributed by atoms with Crippen LogP contribution in [0, 0.1) is 5.21 Å². The lowest BCUT2D eigenvalue weighted by Crippen LogP contribution is -2.50. The van der Waals surface area contributed by atoms with Gasteiger partial charge in [0, 0.05) is 7.05 Å². The molecule has 0 atom stereocenters. The zero-order valence-electron chi connectivity index (χ0n) is 8.03. The summed E-state index contributed by atoms with van der Waals surface area (Å²) in [6.07, 6.45) is 0. The van der Waals surface area contributed by atoms with E-state index in [1.165, 1.54) is 0 Å². The lowest BCUT2D eigenvalue weighted by Gasteiger charge is -2.31. The number of nitrogens with one attached hydrogen (secondary N) is 1. The number of hydrazine groups is 1. The van der Waals surface area contributed by atoms with Crippen LogP contribution in [0.25, 0.3) is 0 Å². The molecule has 1 rings (SSSR count). The first-order valence-electron chi connectivity index (χ1n) is 4.16. The molecule has 0 aromatic carbocycles. The highest BCUT2D eigenvalue weighted by atomic mass is 16.5. The van der Waals surface area contributed by atoms with Crippen molar-refractivity contribution in [1.29, 1.82) is 0 Å². The van der Waals surface area contributed by atoms with Crippen LogP contribution in [-0.2, 0) is 0 Å². The highest BCUT2D eigenvalue weighted by Gasteiger charge is 2.17. The maximum absolute atomic E-state index is 10.6. The summed E-state index contributed by atoms with van der Waals surface area (Å²) in [6, 6.07) is 0. The van der Waals surface area contributed by atoms with Crippen molar-refractivity contribution in [2.45, 2.75) is 6.92 Å². The van der Waals surface area contributed by atoms with Crippen molar-refractivity contribution in [2.75, 3.05) is 26.9 Å². The highest BCUT2D eigenvalue weighted by Crippen LogP contribution is 1.99. The van der Waals surface area contributed by atoms with Gasteiger partial charge in [-0.05, 0) is 6.54 Å². The van der Waals surface area contributed by atoms with E-state index < -0.39 is 0 Å². The summed E-state index contributed by atoms with van der Waals surface area (Å²) < 4.78 is 0. The van der Waals surface area contributed by atoms with Gasteiger partial charge in [-0.3, -0.25) is 4.90 Å². The van der Waals surface area contributed by atoms with E-state index in [4.69, 9.17) is 0 Å². The van der Waals surface area contributed by atoms with Crippen LogP contribution in [0.2, 0.25) is 0 Å². The molecule has 0 aliphatic carbocycles. The summed E-state index contributed by atoms with van der Waals surface area (Å²) in [7, 11) is 1.87. The van der Waals surface area contributed by atoms with Crippen molar-refractivity contribution in [3.8, 4) is 0 Å². The van der Waals surface area contributed by atoms with Crippen molar-refractivity contribution in [1.82, 2.24) is 15.2 Å². The number of hydrazone groups is 1. The van der Waals surface area contributed by atoms with E-state index >= 15 is 0 Å². The van der Waals surface area contributed by atoms with Crippen molar-refractivity contribution < 1.29 is 4.85 Å². The lowest BCUT2D eigenvalue weighted by atomic mass is 10.5. The molecule has 6 nitrogen and oxygen atoms in total. The van der Waals surface area contributed by atoms with Crippen LogP contribution in [0.1, 0.15) is 6.92 Å². The number of hydrogen-bond acceptors (Lipinski definition) is 5.